The summed E-state index contributed by atoms with van der Waals surface area (Å²) >= 11 is 14.0. The largest absolute Gasteiger partial charge is 0.359 e. The molecule has 0 saturated carbocycles. The molecule has 0 aliphatic heterocycles. The zero-order valence-corrected chi connectivity index (χ0v) is 59.5. The fraction of sp³-hybridized carbons (Fsp3) is 0.0897. The Bertz CT molecular complexity index is 5110. The van der Waals surface area contributed by atoms with Crippen LogP contribution in [0.25, 0.3) is 87.9 Å². The predicted molar refractivity (Wildman–Crippen MR) is 414 cm³/mol. The molecule has 8 heterocycles. The van der Waals surface area contributed by atoms with Crippen molar-refractivity contribution in [1.82, 2.24) is 48.2 Å². The zero-order valence-electron chi connectivity index (χ0n) is 54.7. The van der Waals surface area contributed by atoms with Crippen molar-refractivity contribution in [3.05, 3.63) is 279 Å². The highest BCUT2D eigenvalue weighted by Gasteiger charge is 2.21. The minimum atomic E-state index is -0.134. The van der Waals surface area contributed by atoms with Crippen LogP contribution in [0.1, 0.15) is 16.8 Å². The van der Waals surface area contributed by atoms with Gasteiger partial charge in [0, 0.05) is 49.5 Å². The topological polar surface area (TPSA) is 216 Å². The van der Waals surface area contributed by atoms with Crippen LogP contribution in [0.2, 0.25) is 5.02 Å². The lowest BCUT2D eigenvalue weighted by molar-refractivity contribution is -0.117. The Morgan fingerprint density at radius 2 is 0.752 bits per heavy atom. The average Bonchev–Trinajstić information content (AvgIpc) is 1.66. The number of imidazole rings is 4. The summed E-state index contributed by atoms with van der Waals surface area (Å²) in [6, 6.07) is 73.5. The molecular weight excluding hydrogens is 1410 g/mol. The van der Waals surface area contributed by atoms with Crippen molar-refractivity contribution in [2.24, 2.45) is 0 Å². The van der Waals surface area contributed by atoms with Gasteiger partial charge in [-0.25, -0.2) is 24.9 Å². The van der Waals surface area contributed by atoms with Crippen LogP contribution in [0, 0.1) is 20.8 Å². The fourth-order valence-corrected chi connectivity index (χ4v) is 13.8. The molecule has 0 atom stereocenters. The Morgan fingerprint density at radius 3 is 1.12 bits per heavy atom. The van der Waals surface area contributed by atoms with Crippen LogP contribution in [0.4, 0.5) is 22.7 Å². The lowest BCUT2D eigenvalue weighted by atomic mass is 10.2. The average molecular weight is 1470 g/mol. The first-order chi connectivity index (χ1) is 49.2. The fourth-order valence-electron chi connectivity index (χ4n) is 11.1. The molecule has 0 aliphatic rings. The monoisotopic (exact) mass is 1470 g/mol. The molecule has 16 aromatic rings. The molecule has 0 radical (unpaired) electrons. The molecule has 8 aromatic heterocycles. The number of halogens is 2. The Labute approximate surface area is 606 Å². The van der Waals surface area contributed by atoms with Crippen molar-refractivity contribution >= 4 is 152 Å². The number of aryl methyl sites for hydroxylation is 3. The van der Waals surface area contributed by atoms with E-state index in [4.69, 9.17) is 21.6 Å². The number of thiophene rings is 2. The Morgan fingerprint density at radius 1 is 0.396 bits per heavy atom. The number of rotatable bonds is 16. The van der Waals surface area contributed by atoms with Gasteiger partial charge in [-0.15, -0.1) is 34.0 Å². The van der Waals surface area contributed by atoms with Gasteiger partial charge in [0.25, 0.3) is 0 Å². The lowest BCUT2D eigenvalue weighted by Crippen LogP contribution is -2.19. The number of amides is 4. The second-order valence-electron chi connectivity index (χ2n) is 23.3. The van der Waals surface area contributed by atoms with Crippen molar-refractivity contribution in [3.8, 4) is 43.8 Å². The number of carbonyl (C=O) groups is 4. The number of hydrogen-bond acceptors (Lipinski definition) is 12. The van der Waals surface area contributed by atoms with Gasteiger partial charge < -0.3 is 44.5 Å². The SMILES string of the molecule is Cc1ccc(NC(=O)Cn2c(-c3ccc[nH]3)nc3ccccc32)cc1.Cc1ccc(NC(=O)Cn2c(-c3cccs3)nc3ccccc32)cc1.Cc1csc(-c2nc3ccccc3n2CC(=O)Nc2ccc(Cl)cc2)n1.O=C(Cn1c(-c2cccs2)nc2ccccc21)Nc1ccc(Br)cc1. The molecule has 0 fully saturated rings. The van der Waals surface area contributed by atoms with Crippen LogP contribution in [-0.2, 0) is 45.4 Å². The normalized spacial score (nSPS) is 10.9. The molecule has 8 aromatic carbocycles. The third kappa shape index (κ3) is 16.8. The van der Waals surface area contributed by atoms with Crippen LogP contribution >= 0.6 is 61.5 Å². The summed E-state index contributed by atoms with van der Waals surface area (Å²) < 4.78 is 8.76. The van der Waals surface area contributed by atoms with Crippen LogP contribution in [-0.4, -0.2) is 71.8 Å². The first-order valence-electron chi connectivity index (χ1n) is 32.0. The second-order valence-corrected chi connectivity index (χ2v) is 27.4. The number of anilines is 4. The Hall–Kier alpha value is -11.4. The minimum Gasteiger partial charge on any atom is -0.359 e. The van der Waals surface area contributed by atoms with Gasteiger partial charge in [-0.3, -0.25) is 19.2 Å². The molecule has 16 rings (SSSR count). The van der Waals surface area contributed by atoms with Crippen LogP contribution in [0.15, 0.2) is 257 Å². The maximum Gasteiger partial charge on any atom is 0.244 e. The maximum absolute atomic E-state index is 12.6. The first-order valence-corrected chi connectivity index (χ1v) is 35.8. The summed E-state index contributed by atoms with van der Waals surface area (Å²) in [4.78, 5) is 78.9. The van der Waals surface area contributed by atoms with Gasteiger partial charge in [0.2, 0.25) is 23.6 Å². The summed E-state index contributed by atoms with van der Waals surface area (Å²) in [5.74, 6) is 2.75. The number of aromatic nitrogens is 10. The van der Waals surface area contributed by atoms with Gasteiger partial charge in [0.15, 0.2) is 28.3 Å². The molecule has 0 bridgehead atoms. The van der Waals surface area contributed by atoms with Gasteiger partial charge in [0.05, 0.1) is 59.6 Å². The number of benzene rings is 8. The van der Waals surface area contributed by atoms with E-state index >= 15 is 0 Å². The molecule has 23 heteroatoms. The first kappa shape index (κ1) is 68.1. The quantitative estimate of drug-likeness (QED) is 0.0621. The predicted octanol–water partition coefficient (Wildman–Crippen LogP) is 18.6. The standard InChI is InChI=1S/C20H18N4O.C20H17N3OS.C19H14BrN3OS.C19H15ClN4OS/c1-14-8-10-15(11-9-14)22-19(25)13-24-18-7-3-2-5-16(18)23-20(24)17-6-4-12-21-17;1-14-8-10-15(11-9-14)21-19(24)13-23-17-6-3-2-5-16(17)22-20(23)18-7-4-12-25-18;20-13-7-9-14(10-8-13)21-18(24)12-23-16-5-2-1-4-15(16)22-19(23)17-6-3-11-25-17;1-12-11-26-19(21-12)18-23-15-4-2-3-5-16(15)24(18)10-17(25)22-14-8-6-13(20)7-9-14/h2-12,21H,13H2,1H3,(H,22,25);2-12H,13H2,1H3,(H,21,24);1-11H,12H2,(H,21,24);2-9,11H,10H2,1H3,(H,22,25). The summed E-state index contributed by atoms with van der Waals surface area (Å²) in [6.45, 7) is 6.77. The van der Waals surface area contributed by atoms with Gasteiger partial charge in [-0.1, -0.05) is 124 Å². The Kier molecular flexibility index (Phi) is 21.3. The third-order valence-corrected chi connectivity index (χ3v) is 19.4. The van der Waals surface area contributed by atoms with E-state index in [2.05, 4.69) is 57.1 Å². The lowest BCUT2D eigenvalue weighted by Gasteiger charge is -2.10. The molecule has 4 amide bonds. The van der Waals surface area contributed by atoms with E-state index in [1.807, 2.05) is 268 Å². The number of nitrogens with zero attached hydrogens (tertiary/aromatic N) is 9. The van der Waals surface area contributed by atoms with E-state index < -0.39 is 0 Å². The summed E-state index contributed by atoms with van der Waals surface area (Å²) in [6.07, 6.45) is 1.85. The highest BCUT2D eigenvalue weighted by Crippen LogP contribution is 2.32. The molecule has 502 valence electrons. The van der Waals surface area contributed by atoms with E-state index in [-0.39, 0.29) is 49.8 Å². The van der Waals surface area contributed by atoms with Gasteiger partial charge >= 0.3 is 0 Å². The summed E-state index contributed by atoms with van der Waals surface area (Å²) in [5.41, 5.74) is 14.5. The summed E-state index contributed by atoms with van der Waals surface area (Å²) in [7, 11) is 0. The van der Waals surface area contributed by atoms with Gasteiger partial charge in [-0.05, 0) is 177 Å². The van der Waals surface area contributed by atoms with Crippen LogP contribution in [0.3, 0.4) is 0 Å². The minimum absolute atomic E-state index is 0.0650. The van der Waals surface area contributed by atoms with Gasteiger partial charge in [0.1, 0.15) is 26.2 Å². The number of thiazole rings is 1. The molecule has 5 N–H and O–H groups in total. The van der Waals surface area contributed by atoms with E-state index in [0.717, 1.165) is 115 Å². The van der Waals surface area contributed by atoms with E-state index in [9.17, 15) is 19.2 Å². The van der Waals surface area contributed by atoms with E-state index in [1.165, 1.54) is 16.9 Å². The zero-order chi connectivity index (χ0) is 69.8. The number of nitrogens with one attached hydrogen (secondary N) is 5. The maximum atomic E-state index is 12.6. The highest BCUT2D eigenvalue weighted by atomic mass is 79.9. The second kappa shape index (κ2) is 31.6. The van der Waals surface area contributed by atoms with Crippen molar-refractivity contribution in [3.63, 3.8) is 0 Å². The number of hydrogen-bond donors (Lipinski definition) is 5. The van der Waals surface area contributed by atoms with Crippen molar-refractivity contribution < 1.29 is 19.2 Å². The molecule has 0 unspecified atom stereocenters. The summed E-state index contributed by atoms with van der Waals surface area (Å²) in [5, 5.41) is 19.2. The van der Waals surface area contributed by atoms with Gasteiger partial charge in [-0.2, -0.15) is 0 Å². The van der Waals surface area contributed by atoms with E-state index in [1.54, 1.807) is 46.9 Å². The smallest absolute Gasteiger partial charge is 0.244 e. The molecule has 18 nitrogen and oxygen atoms in total. The number of H-pyrrole nitrogens is 1. The van der Waals surface area contributed by atoms with Crippen molar-refractivity contribution in [1.29, 1.82) is 0 Å². The number of fused-ring (bicyclic) bond motifs is 4. The molecule has 0 spiro atoms. The molecular formula is C78H64BrClN14O4S3. The van der Waals surface area contributed by atoms with Crippen molar-refractivity contribution in [2.45, 2.75) is 47.0 Å². The van der Waals surface area contributed by atoms with Crippen LogP contribution < -0.4 is 21.3 Å². The van der Waals surface area contributed by atoms with E-state index in [0.29, 0.717) is 16.5 Å². The molecule has 0 saturated heterocycles. The third-order valence-electron chi connectivity index (χ3n) is 15.9. The molecule has 0 aliphatic carbocycles. The molecule has 101 heavy (non-hydrogen) atoms. The highest BCUT2D eigenvalue weighted by molar-refractivity contribution is 9.10. The number of carbonyl (C=O) groups excluding carboxylic acids is 4. The number of para-hydroxylation sites is 8. The number of aromatic amines is 1. The Balaban J connectivity index is 0.000000120. The van der Waals surface area contributed by atoms with Crippen LogP contribution in [0.5, 0.6) is 0 Å². The van der Waals surface area contributed by atoms with Crippen molar-refractivity contribution in [2.75, 3.05) is 21.3 Å².